The van der Waals surface area contributed by atoms with Crippen LogP contribution >= 0.6 is 0 Å². The Morgan fingerprint density at radius 2 is 0.787 bits per heavy atom. The van der Waals surface area contributed by atoms with E-state index in [0.29, 0.717) is 5.82 Å². The Morgan fingerprint density at radius 1 is 0.279 bits per heavy atom. The smallest absolute Gasteiger partial charge is 0.160 e. The van der Waals surface area contributed by atoms with Gasteiger partial charge in [-0.15, -0.1) is 0 Å². The number of fused-ring (bicyclic) bond motifs is 7. The molecule has 0 spiro atoms. The summed E-state index contributed by atoms with van der Waals surface area (Å²) in [6.45, 7) is 0. The molecule has 0 radical (unpaired) electrons. The SMILES string of the molecule is c1ccc(-c2nc(-c3ccc4ccccc4c3)cc(-c3ccc(-c4cccc5c4C(c4ccccc4)(c4ccccc4)c4c-5ccc5ccccc45)c4ccccc34)n2)cc1. The standard InChI is InChI=1S/C59H38N2/c1-4-19-41(20-5-1)58-60-54(43-32-31-39-17-10-11-21-42(39)37-43)38-55(61-58)50-36-35-49(47-27-14-15-28-48(47)50)51-29-16-30-52-53-34-33-40-18-12-13-26-46(40)56(53)59(57(51)52,44-22-6-2-7-23-44)45-24-8-3-9-25-45/h1-38H. The van der Waals surface area contributed by atoms with E-state index in [2.05, 4.69) is 224 Å². The third-order valence-electron chi connectivity index (χ3n) is 12.7. The van der Waals surface area contributed by atoms with Gasteiger partial charge in [0.1, 0.15) is 0 Å². The quantitative estimate of drug-likeness (QED) is 0.168. The summed E-state index contributed by atoms with van der Waals surface area (Å²) in [5, 5.41) is 7.23. The Balaban J connectivity index is 1.12. The summed E-state index contributed by atoms with van der Waals surface area (Å²) in [4.78, 5) is 10.5. The molecule has 0 fully saturated rings. The zero-order valence-corrected chi connectivity index (χ0v) is 33.3. The van der Waals surface area contributed by atoms with Crippen LogP contribution in [0.15, 0.2) is 231 Å². The molecule has 0 aliphatic heterocycles. The van der Waals surface area contributed by atoms with E-state index in [1.54, 1.807) is 0 Å². The minimum absolute atomic E-state index is 0.587. The van der Waals surface area contributed by atoms with Crippen molar-refractivity contribution >= 4 is 32.3 Å². The van der Waals surface area contributed by atoms with Crippen molar-refractivity contribution in [3.8, 4) is 56.2 Å². The molecule has 0 saturated carbocycles. The van der Waals surface area contributed by atoms with Gasteiger partial charge in [0.25, 0.3) is 0 Å². The molecule has 61 heavy (non-hydrogen) atoms. The van der Waals surface area contributed by atoms with Gasteiger partial charge in [-0.05, 0) is 89.0 Å². The highest BCUT2D eigenvalue weighted by molar-refractivity contribution is 6.08. The topological polar surface area (TPSA) is 25.8 Å². The molecule has 0 unspecified atom stereocenters. The van der Waals surface area contributed by atoms with E-state index >= 15 is 0 Å². The van der Waals surface area contributed by atoms with Gasteiger partial charge in [-0.3, -0.25) is 0 Å². The van der Waals surface area contributed by atoms with Crippen LogP contribution in [0, 0.1) is 0 Å². The Kier molecular flexibility index (Phi) is 8.11. The Morgan fingerprint density at radius 3 is 1.51 bits per heavy atom. The second-order valence-electron chi connectivity index (χ2n) is 16.0. The first kappa shape index (κ1) is 35.0. The van der Waals surface area contributed by atoms with Crippen molar-refractivity contribution < 1.29 is 0 Å². The Hall–Kier alpha value is -7.94. The van der Waals surface area contributed by atoms with Gasteiger partial charge in [0, 0.05) is 16.7 Å². The summed E-state index contributed by atoms with van der Waals surface area (Å²) < 4.78 is 0. The fraction of sp³-hybridized carbons (Fsp3) is 0.0169. The molecule has 0 saturated heterocycles. The second-order valence-corrected chi connectivity index (χ2v) is 16.0. The predicted molar refractivity (Wildman–Crippen MR) is 254 cm³/mol. The molecule has 1 aliphatic rings. The predicted octanol–water partition coefficient (Wildman–Crippen LogP) is 15.0. The molecule has 0 amide bonds. The fourth-order valence-electron chi connectivity index (χ4n) is 10.1. The third kappa shape index (κ3) is 5.50. The molecule has 1 aliphatic carbocycles. The van der Waals surface area contributed by atoms with E-state index in [-0.39, 0.29) is 0 Å². The zero-order chi connectivity index (χ0) is 40.3. The molecule has 2 heteroatoms. The maximum absolute atomic E-state index is 5.32. The van der Waals surface area contributed by atoms with Gasteiger partial charge < -0.3 is 0 Å². The van der Waals surface area contributed by atoms with Gasteiger partial charge in [0.05, 0.1) is 16.8 Å². The lowest BCUT2D eigenvalue weighted by Gasteiger charge is -2.36. The van der Waals surface area contributed by atoms with Crippen LogP contribution in [-0.2, 0) is 5.41 Å². The van der Waals surface area contributed by atoms with Gasteiger partial charge >= 0.3 is 0 Å². The first-order valence-electron chi connectivity index (χ1n) is 21.0. The lowest BCUT2D eigenvalue weighted by atomic mass is 9.65. The molecule has 0 N–H and O–H groups in total. The van der Waals surface area contributed by atoms with Crippen molar-refractivity contribution in [3.05, 3.63) is 253 Å². The number of hydrogen-bond donors (Lipinski definition) is 0. The molecular formula is C59H38N2. The van der Waals surface area contributed by atoms with Crippen molar-refractivity contribution in [1.82, 2.24) is 9.97 Å². The molecular weight excluding hydrogens is 737 g/mol. The van der Waals surface area contributed by atoms with E-state index < -0.39 is 5.41 Å². The van der Waals surface area contributed by atoms with Crippen molar-refractivity contribution in [3.63, 3.8) is 0 Å². The van der Waals surface area contributed by atoms with Crippen LogP contribution in [0.5, 0.6) is 0 Å². The van der Waals surface area contributed by atoms with Crippen molar-refractivity contribution in [2.24, 2.45) is 0 Å². The van der Waals surface area contributed by atoms with Crippen LogP contribution in [0.3, 0.4) is 0 Å². The highest BCUT2D eigenvalue weighted by Gasteiger charge is 2.48. The summed E-state index contributed by atoms with van der Waals surface area (Å²) >= 11 is 0. The van der Waals surface area contributed by atoms with Crippen molar-refractivity contribution in [2.75, 3.05) is 0 Å². The van der Waals surface area contributed by atoms with Crippen LogP contribution in [-0.4, -0.2) is 9.97 Å². The molecule has 1 aromatic heterocycles. The molecule has 1 heterocycles. The molecule has 12 rings (SSSR count). The molecule has 10 aromatic carbocycles. The summed E-state index contributed by atoms with van der Waals surface area (Å²) in [5.41, 5.74) is 14.4. The van der Waals surface area contributed by atoms with E-state index in [1.807, 2.05) is 6.07 Å². The van der Waals surface area contributed by atoms with E-state index in [9.17, 15) is 0 Å². The summed E-state index contributed by atoms with van der Waals surface area (Å²) in [5.74, 6) is 0.704. The van der Waals surface area contributed by atoms with Crippen molar-refractivity contribution in [2.45, 2.75) is 5.41 Å². The Bertz CT molecular complexity index is 3420. The van der Waals surface area contributed by atoms with Gasteiger partial charge in [0.2, 0.25) is 0 Å². The van der Waals surface area contributed by atoms with Crippen LogP contribution in [0.25, 0.3) is 88.5 Å². The van der Waals surface area contributed by atoms with Gasteiger partial charge in [-0.2, -0.15) is 0 Å². The highest BCUT2D eigenvalue weighted by Crippen LogP contribution is 2.60. The number of nitrogens with zero attached hydrogens (tertiary/aromatic N) is 2. The van der Waals surface area contributed by atoms with Gasteiger partial charge in [-0.25, -0.2) is 9.97 Å². The van der Waals surface area contributed by atoms with Gasteiger partial charge in [0.15, 0.2) is 5.82 Å². The summed E-state index contributed by atoms with van der Waals surface area (Å²) in [6, 6.07) is 83.7. The maximum Gasteiger partial charge on any atom is 0.160 e. The summed E-state index contributed by atoms with van der Waals surface area (Å²) in [7, 11) is 0. The molecule has 11 aromatic rings. The van der Waals surface area contributed by atoms with Crippen LogP contribution in [0.2, 0.25) is 0 Å². The lowest BCUT2D eigenvalue weighted by Crippen LogP contribution is -2.29. The summed E-state index contributed by atoms with van der Waals surface area (Å²) in [6.07, 6.45) is 0. The highest BCUT2D eigenvalue weighted by atomic mass is 14.9. The van der Waals surface area contributed by atoms with Crippen LogP contribution in [0.4, 0.5) is 0 Å². The third-order valence-corrected chi connectivity index (χ3v) is 12.7. The number of rotatable bonds is 6. The van der Waals surface area contributed by atoms with Crippen LogP contribution in [0.1, 0.15) is 22.3 Å². The number of aromatic nitrogens is 2. The maximum atomic E-state index is 5.32. The monoisotopic (exact) mass is 774 g/mol. The molecule has 2 nitrogen and oxygen atoms in total. The average molecular weight is 775 g/mol. The fourth-order valence-corrected chi connectivity index (χ4v) is 10.1. The minimum Gasteiger partial charge on any atom is -0.228 e. The normalized spacial score (nSPS) is 12.7. The van der Waals surface area contributed by atoms with E-state index in [0.717, 1.165) is 33.5 Å². The molecule has 0 bridgehead atoms. The largest absolute Gasteiger partial charge is 0.228 e. The zero-order valence-electron chi connectivity index (χ0n) is 33.3. The van der Waals surface area contributed by atoms with Crippen molar-refractivity contribution in [1.29, 1.82) is 0 Å². The first-order valence-corrected chi connectivity index (χ1v) is 21.0. The Labute approximate surface area is 355 Å². The lowest BCUT2D eigenvalue weighted by molar-refractivity contribution is 0.777. The number of benzene rings is 10. The number of hydrogen-bond acceptors (Lipinski definition) is 2. The molecule has 284 valence electrons. The average Bonchev–Trinajstić information content (AvgIpc) is 3.66. The first-order chi connectivity index (χ1) is 30.3. The van der Waals surface area contributed by atoms with Gasteiger partial charge in [-0.1, -0.05) is 218 Å². The minimum atomic E-state index is -0.587. The molecule has 0 atom stereocenters. The van der Waals surface area contributed by atoms with E-state index in [4.69, 9.17) is 9.97 Å². The second kappa shape index (κ2) is 14.1. The van der Waals surface area contributed by atoms with E-state index in [1.165, 1.54) is 71.4 Å². The van der Waals surface area contributed by atoms with Crippen LogP contribution < -0.4 is 0 Å².